The molecule has 2 atom stereocenters. The lowest BCUT2D eigenvalue weighted by Crippen LogP contribution is -2.27. The van der Waals surface area contributed by atoms with Gasteiger partial charge in [0, 0.05) is 0 Å². The molecule has 0 aliphatic rings. The molecule has 0 aliphatic carbocycles. The Morgan fingerprint density at radius 1 is 1.43 bits per heavy atom. The van der Waals surface area contributed by atoms with E-state index < -0.39 is 22.3 Å². The average molecular weight is 221 g/mol. The third kappa shape index (κ3) is 5.34. The van der Waals surface area contributed by atoms with Crippen molar-refractivity contribution in [3.05, 3.63) is 0 Å². The van der Waals surface area contributed by atoms with Gasteiger partial charge in [-0.1, -0.05) is 26.7 Å². The van der Waals surface area contributed by atoms with Crippen molar-refractivity contribution in [2.45, 2.75) is 44.8 Å². The molecule has 0 amide bonds. The van der Waals surface area contributed by atoms with Crippen molar-refractivity contribution in [2.24, 2.45) is 0 Å². The molecule has 0 radical (unpaired) electrons. The summed E-state index contributed by atoms with van der Waals surface area (Å²) in [5.41, 5.74) is 0. The highest BCUT2D eigenvalue weighted by Gasteiger charge is 2.18. The molecule has 0 aromatic rings. The van der Waals surface area contributed by atoms with Crippen LogP contribution in [-0.2, 0) is 20.6 Å². The van der Waals surface area contributed by atoms with Gasteiger partial charge >= 0.3 is 5.97 Å². The Balaban J connectivity index is 3.76. The Bertz CT molecular complexity index is 193. The van der Waals surface area contributed by atoms with Gasteiger partial charge in [0.2, 0.25) is 0 Å². The Morgan fingerprint density at radius 3 is 2.50 bits per heavy atom. The fraction of sp³-hybridized carbons (Fsp3) is 0.889. The SMILES string of the molecule is CCCCCOC(=O)C(CC)S(=O)[O-]. The largest absolute Gasteiger partial charge is 0.772 e. The Labute approximate surface area is 87.3 Å². The van der Waals surface area contributed by atoms with Crippen LogP contribution in [0.15, 0.2) is 0 Å². The van der Waals surface area contributed by atoms with E-state index in [0.29, 0.717) is 6.61 Å². The number of hydrogen-bond acceptors (Lipinski definition) is 4. The molecule has 14 heavy (non-hydrogen) atoms. The van der Waals surface area contributed by atoms with Crippen molar-refractivity contribution < 1.29 is 18.3 Å². The minimum atomic E-state index is -2.37. The number of rotatable bonds is 7. The molecule has 0 aromatic carbocycles. The summed E-state index contributed by atoms with van der Waals surface area (Å²) in [6, 6.07) is 0. The van der Waals surface area contributed by atoms with Gasteiger partial charge in [-0.15, -0.1) is 0 Å². The summed E-state index contributed by atoms with van der Waals surface area (Å²) in [5.74, 6) is -0.628. The van der Waals surface area contributed by atoms with Crippen molar-refractivity contribution >= 4 is 17.0 Å². The Morgan fingerprint density at radius 2 is 2.07 bits per heavy atom. The second-order valence-electron chi connectivity index (χ2n) is 3.03. The van der Waals surface area contributed by atoms with E-state index >= 15 is 0 Å². The monoisotopic (exact) mass is 221 g/mol. The predicted molar refractivity (Wildman–Crippen MR) is 53.5 cm³/mol. The molecule has 4 nitrogen and oxygen atoms in total. The molecule has 0 N–H and O–H groups in total. The smallest absolute Gasteiger partial charge is 0.320 e. The lowest BCUT2D eigenvalue weighted by molar-refractivity contribution is -0.143. The maximum atomic E-state index is 11.2. The first-order valence-corrected chi connectivity index (χ1v) is 6.02. The van der Waals surface area contributed by atoms with Crippen molar-refractivity contribution in [1.29, 1.82) is 0 Å². The van der Waals surface area contributed by atoms with Gasteiger partial charge in [0.1, 0.15) is 5.25 Å². The van der Waals surface area contributed by atoms with Crippen LogP contribution in [-0.4, -0.2) is 26.6 Å². The van der Waals surface area contributed by atoms with Crippen LogP contribution in [0.1, 0.15) is 39.5 Å². The molecule has 0 spiro atoms. The van der Waals surface area contributed by atoms with E-state index in [2.05, 4.69) is 0 Å². The Kier molecular flexibility index (Phi) is 7.70. The summed E-state index contributed by atoms with van der Waals surface area (Å²) in [6.07, 6.45) is 3.10. The molecule has 2 unspecified atom stereocenters. The summed E-state index contributed by atoms with van der Waals surface area (Å²) >= 11 is -2.37. The highest BCUT2D eigenvalue weighted by atomic mass is 32.2. The van der Waals surface area contributed by atoms with Crippen LogP contribution in [0.25, 0.3) is 0 Å². The first kappa shape index (κ1) is 13.6. The van der Waals surface area contributed by atoms with Gasteiger partial charge in [-0.2, -0.15) is 0 Å². The first-order chi connectivity index (χ1) is 6.63. The predicted octanol–water partition coefficient (Wildman–Crippen LogP) is 1.38. The highest BCUT2D eigenvalue weighted by Crippen LogP contribution is 2.03. The van der Waals surface area contributed by atoms with Crippen molar-refractivity contribution in [3.8, 4) is 0 Å². The van der Waals surface area contributed by atoms with Crippen LogP contribution < -0.4 is 0 Å². The molecule has 84 valence electrons. The van der Waals surface area contributed by atoms with Gasteiger partial charge in [0.05, 0.1) is 6.61 Å². The minimum Gasteiger partial charge on any atom is -0.772 e. The molecule has 0 bridgehead atoms. The van der Waals surface area contributed by atoms with E-state index in [1.807, 2.05) is 6.92 Å². The van der Waals surface area contributed by atoms with Crippen LogP contribution in [0.4, 0.5) is 0 Å². The fourth-order valence-corrected chi connectivity index (χ4v) is 1.50. The minimum absolute atomic E-state index is 0.267. The molecule has 0 saturated heterocycles. The zero-order valence-electron chi connectivity index (χ0n) is 8.65. The van der Waals surface area contributed by atoms with Crippen LogP contribution in [0.2, 0.25) is 0 Å². The summed E-state index contributed by atoms with van der Waals surface area (Å²) in [6.45, 7) is 4.01. The van der Waals surface area contributed by atoms with Crippen LogP contribution >= 0.6 is 0 Å². The van der Waals surface area contributed by atoms with Gasteiger partial charge < -0.3 is 9.29 Å². The standard InChI is InChI=1S/C9H18O4S/c1-3-5-6-7-13-9(10)8(4-2)14(11)12/h8H,3-7H2,1-2H3,(H,11,12)/p-1. The quantitative estimate of drug-likeness (QED) is 0.370. The van der Waals surface area contributed by atoms with Crippen molar-refractivity contribution in [1.82, 2.24) is 0 Å². The number of esters is 1. The first-order valence-electron chi connectivity index (χ1n) is 4.88. The topological polar surface area (TPSA) is 66.4 Å². The van der Waals surface area contributed by atoms with E-state index in [-0.39, 0.29) is 6.42 Å². The summed E-state index contributed by atoms with van der Waals surface area (Å²) in [7, 11) is 0. The molecular weight excluding hydrogens is 204 g/mol. The lowest BCUT2D eigenvalue weighted by Gasteiger charge is -2.16. The second kappa shape index (κ2) is 7.94. The number of ether oxygens (including phenoxy) is 1. The molecular formula is C9H17O4S-. The molecule has 0 fully saturated rings. The van der Waals surface area contributed by atoms with Crippen LogP contribution in [0.5, 0.6) is 0 Å². The summed E-state index contributed by atoms with van der Waals surface area (Å²) in [4.78, 5) is 11.2. The van der Waals surface area contributed by atoms with E-state index in [0.717, 1.165) is 19.3 Å². The van der Waals surface area contributed by atoms with Gasteiger partial charge in [-0.3, -0.25) is 9.00 Å². The van der Waals surface area contributed by atoms with Gasteiger partial charge in [0.15, 0.2) is 0 Å². The maximum Gasteiger partial charge on any atom is 0.320 e. The molecule has 0 saturated carbocycles. The van der Waals surface area contributed by atoms with Gasteiger partial charge in [-0.25, -0.2) is 0 Å². The number of carbonyl (C=O) groups is 1. The molecule has 5 heteroatoms. The fourth-order valence-electron chi connectivity index (χ4n) is 0.999. The van der Waals surface area contributed by atoms with Crippen molar-refractivity contribution in [3.63, 3.8) is 0 Å². The normalized spacial score (nSPS) is 14.8. The Hall–Kier alpha value is -0.420. The lowest BCUT2D eigenvalue weighted by atomic mass is 10.3. The van der Waals surface area contributed by atoms with Gasteiger partial charge in [-0.05, 0) is 23.9 Å². The highest BCUT2D eigenvalue weighted by molar-refractivity contribution is 7.80. The zero-order chi connectivity index (χ0) is 11.0. The third-order valence-electron chi connectivity index (χ3n) is 1.86. The zero-order valence-corrected chi connectivity index (χ0v) is 9.47. The average Bonchev–Trinajstić information content (AvgIpc) is 2.13. The van der Waals surface area contributed by atoms with Crippen LogP contribution in [0.3, 0.4) is 0 Å². The molecule has 0 aliphatic heterocycles. The summed E-state index contributed by atoms with van der Waals surface area (Å²) < 4.78 is 25.9. The van der Waals surface area contributed by atoms with E-state index in [4.69, 9.17) is 4.74 Å². The molecule has 0 heterocycles. The number of unbranched alkanes of at least 4 members (excludes halogenated alkanes) is 2. The van der Waals surface area contributed by atoms with E-state index in [1.165, 1.54) is 0 Å². The van der Waals surface area contributed by atoms with Crippen molar-refractivity contribution in [2.75, 3.05) is 6.61 Å². The van der Waals surface area contributed by atoms with Crippen LogP contribution in [0, 0.1) is 0 Å². The number of carbonyl (C=O) groups excluding carboxylic acids is 1. The molecule has 0 rings (SSSR count). The second-order valence-corrected chi connectivity index (χ2v) is 4.12. The molecule has 0 aromatic heterocycles. The maximum absolute atomic E-state index is 11.2. The van der Waals surface area contributed by atoms with Gasteiger partial charge in [0.25, 0.3) is 0 Å². The van der Waals surface area contributed by atoms with E-state index in [1.54, 1.807) is 6.92 Å². The number of hydrogen-bond donors (Lipinski definition) is 0. The summed E-state index contributed by atoms with van der Waals surface area (Å²) in [5, 5.41) is -1.00. The van der Waals surface area contributed by atoms with E-state index in [9.17, 15) is 13.6 Å². The third-order valence-corrected chi connectivity index (χ3v) is 2.85.